The molecule has 0 saturated carbocycles. The third-order valence-electron chi connectivity index (χ3n) is 3.54. The molecule has 0 aromatic carbocycles. The second-order valence-corrected chi connectivity index (χ2v) is 4.47. The fraction of sp³-hybridized carbons (Fsp3) is 1.00. The predicted molar refractivity (Wildman–Crippen MR) is 54.9 cm³/mol. The van der Waals surface area contributed by atoms with Gasteiger partial charge in [-0.15, -0.1) is 0 Å². The van der Waals surface area contributed by atoms with Gasteiger partial charge in [-0.2, -0.15) is 0 Å². The third-order valence-corrected chi connectivity index (χ3v) is 3.54. The molecule has 2 fully saturated rings. The molecule has 76 valence electrons. The second-order valence-electron chi connectivity index (χ2n) is 4.47. The van der Waals surface area contributed by atoms with Crippen LogP contribution in [0.5, 0.6) is 0 Å². The molecule has 13 heavy (non-hydrogen) atoms. The molecular formula is C10H21N3. The van der Waals surface area contributed by atoms with E-state index in [2.05, 4.69) is 29.1 Å². The Morgan fingerprint density at radius 2 is 2.15 bits per heavy atom. The molecule has 0 amide bonds. The standard InChI is InChI=1S/C10H21N3/c1-9-8-13(6-5-12(9)2)10-3-4-11-7-10/h9-11H,3-8H2,1-2H3. The van der Waals surface area contributed by atoms with E-state index in [1.165, 1.54) is 39.1 Å². The van der Waals surface area contributed by atoms with Crippen LogP contribution in [0.25, 0.3) is 0 Å². The molecule has 0 aromatic rings. The van der Waals surface area contributed by atoms with E-state index in [0.717, 1.165) is 12.1 Å². The first-order valence-corrected chi connectivity index (χ1v) is 5.42. The van der Waals surface area contributed by atoms with Gasteiger partial charge in [-0.3, -0.25) is 4.90 Å². The number of hydrogen-bond acceptors (Lipinski definition) is 3. The Morgan fingerprint density at radius 3 is 2.77 bits per heavy atom. The van der Waals surface area contributed by atoms with E-state index in [1.807, 2.05) is 0 Å². The van der Waals surface area contributed by atoms with E-state index in [-0.39, 0.29) is 0 Å². The average molecular weight is 183 g/mol. The first kappa shape index (κ1) is 9.44. The summed E-state index contributed by atoms with van der Waals surface area (Å²) in [5.41, 5.74) is 0. The van der Waals surface area contributed by atoms with Crippen LogP contribution in [0.15, 0.2) is 0 Å². The lowest BCUT2D eigenvalue weighted by Crippen LogP contribution is -2.53. The van der Waals surface area contributed by atoms with Crippen LogP contribution in [0.4, 0.5) is 0 Å². The van der Waals surface area contributed by atoms with Crippen LogP contribution < -0.4 is 5.32 Å². The molecule has 2 heterocycles. The molecule has 0 radical (unpaired) electrons. The first-order valence-electron chi connectivity index (χ1n) is 5.42. The highest BCUT2D eigenvalue weighted by Gasteiger charge is 2.27. The zero-order valence-electron chi connectivity index (χ0n) is 8.79. The van der Waals surface area contributed by atoms with E-state index in [9.17, 15) is 0 Å². The van der Waals surface area contributed by atoms with E-state index in [1.54, 1.807) is 0 Å². The molecule has 1 N–H and O–H groups in total. The quantitative estimate of drug-likeness (QED) is 0.616. The molecule has 0 bridgehead atoms. The summed E-state index contributed by atoms with van der Waals surface area (Å²) < 4.78 is 0. The van der Waals surface area contributed by atoms with Gasteiger partial charge in [0.25, 0.3) is 0 Å². The Hall–Kier alpha value is -0.120. The fourth-order valence-corrected chi connectivity index (χ4v) is 2.36. The van der Waals surface area contributed by atoms with Crippen LogP contribution in [-0.4, -0.2) is 61.7 Å². The molecule has 3 heteroatoms. The molecule has 2 aliphatic rings. The van der Waals surface area contributed by atoms with Gasteiger partial charge in [0.15, 0.2) is 0 Å². The monoisotopic (exact) mass is 183 g/mol. The van der Waals surface area contributed by atoms with Crippen molar-refractivity contribution in [3.05, 3.63) is 0 Å². The summed E-state index contributed by atoms with van der Waals surface area (Å²) in [6, 6.07) is 1.55. The summed E-state index contributed by atoms with van der Waals surface area (Å²) in [5.74, 6) is 0. The fourth-order valence-electron chi connectivity index (χ4n) is 2.36. The summed E-state index contributed by atoms with van der Waals surface area (Å²) >= 11 is 0. The van der Waals surface area contributed by atoms with Gasteiger partial charge in [0.05, 0.1) is 0 Å². The minimum atomic E-state index is 0.731. The second kappa shape index (κ2) is 3.95. The molecular weight excluding hydrogens is 162 g/mol. The van der Waals surface area contributed by atoms with Crippen LogP contribution in [0, 0.1) is 0 Å². The van der Waals surface area contributed by atoms with Crippen molar-refractivity contribution in [3.8, 4) is 0 Å². The average Bonchev–Trinajstić information content (AvgIpc) is 2.62. The number of hydrogen-bond donors (Lipinski definition) is 1. The van der Waals surface area contributed by atoms with Gasteiger partial charge in [-0.1, -0.05) is 0 Å². The van der Waals surface area contributed by atoms with Crippen molar-refractivity contribution in [2.24, 2.45) is 0 Å². The molecule has 0 aromatic heterocycles. The van der Waals surface area contributed by atoms with Crippen LogP contribution in [0.2, 0.25) is 0 Å². The van der Waals surface area contributed by atoms with Gasteiger partial charge in [0, 0.05) is 38.3 Å². The number of likely N-dealkylation sites (N-methyl/N-ethyl adjacent to an activating group) is 1. The maximum Gasteiger partial charge on any atom is 0.0233 e. The van der Waals surface area contributed by atoms with Gasteiger partial charge in [-0.05, 0) is 26.9 Å². The Labute approximate surface area is 81.1 Å². The van der Waals surface area contributed by atoms with Gasteiger partial charge < -0.3 is 10.2 Å². The molecule has 2 rings (SSSR count). The molecule has 0 spiro atoms. The maximum atomic E-state index is 3.44. The number of nitrogens with zero attached hydrogens (tertiary/aromatic N) is 2. The molecule has 2 aliphatic heterocycles. The zero-order chi connectivity index (χ0) is 9.26. The van der Waals surface area contributed by atoms with Crippen molar-refractivity contribution in [2.75, 3.05) is 39.8 Å². The van der Waals surface area contributed by atoms with Gasteiger partial charge in [-0.25, -0.2) is 0 Å². The lowest BCUT2D eigenvalue weighted by Gasteiger charge is -2.40. The SMILES string of the molecule is CC1CN(C2CCNC2)CCN1C. The lowest BCUT2D eigenvalue weighted by atomic mass is 10.1. The Bertz CT molecular complexity index is 166. The Kier molecular flexibility index (Phi) is 2.86. The maximum absolute atomic E-state index is 3.44. The summed E-state index contributed by atoms with van der Waals surface area (Å²) in [6.07, 6.45) is 1.34. The van der Waals surface area contributed by atoms with Gasteiger partial charge in [0.2, 0.25) is 0 Å². The highest BCUT2D eigenvalue weighted by Crippen LogP contribution is 2.14. The van der Waals surface area contributed by atoms with Gasteiger partial charge in [0.1, 0.15) is 0 Å². The normalized spacial score (nSPS) is 38.3. The molecule has 2 atom stereocenters. The highest BCUT2D eigenvalue weighted by atomic mass is 15.3. The molecule has 2 saturated heterocycles. The predicted octanol–water partition coefficient (Wildman–Crippen LogP) is -0.0158. The topological polar surface area (TPSA) is 18.5 Å². The van der Waals surface area contributed by atoms with Crippen molar-refractivity contribution in [1.82, 2.24) is 15.1 Å². The van der Waals surface area contributed by atoms with Crippen molar-refractivity contribution in [3.63, 3.8) is 0 Å². The van der Waals surface area contributed by atoms with Crippen LogP contribution >= 0.6 is 0 Å². The molecule has 3 nitrogen and oxygen atoms in total. The van der Waals surface area contributed by atoms with Crippen LogP contribution in [-0.2, 0) is 0 Å². The van der Waals surface area contributed by atoms with E-state index >= 15 is 0 Å². The summed E-state index contributed by atoms with van der Waals surface area (Å²) in [5, 5.41) is 3.44. The molecule has 0 aliphatic carbocycles. The first-order chi connectivity index (χ1) is 6.27. The summed E-state index contributed by atoms with van der Waals surface area (Å²) in [7, 11) is 2.23. The van der Waals surface area contributed by atoms with Crippen LogP contribution in [0.3, 0.4) is 0 Å². The smallest absolute Gasteiger partial charge is 0.0233 e. The number of nitrogens with one attached hydrogen (secondary N) is 1. The van der Waals surface area contributed by atoms with Crippen molar-refractivity contribution in [2.45, 2.75) is 25.4 Å². The Balaban J connectivity index is 1.87. The summed E-state index contributed by atoms with van der Waals surface area (Å²) in [4.78, 5) is 5.11. The Morgan fingerprint density at radius 1 is 1.31 bits per heavy atom. The van der Waals surface area contributed by atoms with E-state index < -0.39 is 0 Å². The largest absolute Gasteiger partial charge is 0.315 e. The van der Waals surface area contributed by atoms with Crippen LogP contribution in [0.1, 0.15) is 13.3 Å². The highest BCUT2D eigenvalue weighted by molar-refractivity contribution is 4.86. The number of piperazine rings is 1. The summed E-state index contributed by atoms with van der Waals surface area (Å²) in [6.45, 7) is 8.49. The molecule has 2 unspecified atom stereocenters. The van der Waals surface area contributed by atoms with Crippen molar-refractivity contribution < 1.29 is 0 Å². The lowest BCUT2D eigenvalue weighted by molar-refractivity contribution is 0.0779. The van der Waals surface area contributed by atoms with E-state index in [0.29, 0.717) is 0 Å². The van der Waals surface area contributed by atoms with Crippen molar-refractivity contribution >= 4 is 0 Å². The van der Waals surface area contributed by atoms with Crippen molar-refractivity contribution in [1.29, 1.82) is 0 Å². The van der Waals surface area contributed by atoms with E-state index in [4.69, 9.17) is 0 Å². The zero-order valence-corrected chi connectivity index (χ0v) is 8.79. The third kappa shape index (κ3) is 2.03. The number of rotatable bonds is 1. The minimum Gasteiger partial charge on any atom is -0.315 e. The minimum absolute atomic E-state index is 0.731. The van der Waals surface area contributed by atoms with Gasteiger partial charge >= 0.3 is 0 Å².